The van der Waals surface area contributed by atoms with E-state index in [9.17, 15) is 9.90 Å². The number of carbonyl (C=O) groups excluding carboxylic acids is 1. The van der Waals surface area contributed by atoms with E-state index in [1.54, 1.807) is 4.68 Å². The number of hydrogen-bond donors (Lipinski definition) is 2. The van der Waals surface area contributed by atoms with Crippen LogP contribution in [0.2, 0.25) is 0 Å². The standard InChI is InChI=1S/C18H26N4O2/c1-5-14(23)10-11-19-18(24)17-20-13(4)22(21-17)16-9-7-6-8-15(16)12(2)3/h6-9,12,14,23H,5,10-11H2,1-4H3,(H,19,24). The average molecular weight is 330 g/mol. The SMILES string of the molecule is CCC(O)CCNC(=O)c1nc(C)n(-c2ccccc2C(C)C)n1. The summed E-state index contributed by atoms with van der Waals surface area (Å²) >= 11 is 0. The van der Waals surface area contributed by atoms with Crippen molar-refractivity contribution in [2.24, 2.45) is 0 Å². The Morgan fingerprint density at radius 3 is 2.71 bits per heavy atom. The average Bonchev–Trinajstić information content (AvgIpc) is 2.96. The number of aromatic nitrogens is 3. The maximum absolute atomic E-state index is 12.2. The minimum Gasteiger partial charge on any atom is -0.393 e. The maximum Gasteiger partial charge on any atom is 0.290 e. The first-order valence-electron chi connectivity index (χ1n) is 8.43. The van der Waals surface area contributed by atoms with Crippen LogP contribution in [-0.2, 0) is 0 Å². The molecule has 1 heterocycles. The van der Waals surface area contributed by atoms with E-state index in [0.717, 1.165) is 11.3 Å². The number of aliphatic hydroxyl groups excluding tert-OH is 1. The van der Waals surface area contributed by atoms with Crippen LogP contribution in [0.5, 0.6) is 0 Å². The van der Waals surface area contributed by atoms with Gasteiger partial charge in [0.2, 0.25) is 5.82 Å². The molecule has 1 aromatic carbocycles. The molecule has 1 amide bonds. The van der Waals surface area contributed by atoms with Crippen molar-refractivity contribution in [3.8, 4) is 5.69 Å². The van der Waals surface area contributed by atoms with Gasteiger partial charge in [-0.25, -0.2) is 9.67 Å². The first-order chi connectivity index (χ1) is 11.4. The Morgan fingerprint density at radius 2 is 2.04 bits per heavy atom. The van der Waals surface area contributed by atoms with Gasteiger partial charge >= 0.3 is 0 Å². The normalized spacial score (nSPS) is 12.4. The van der Waals surface area contributed by atoms with Crippen molar-refractivity contribution in [1.82, 2.24) is 20.1 Å². The molecule has 2 N–H and O–H groups in total. The maximum atomic E-state index is 12.2. The second-order valence-corrected chi connectivity index (χ2v) is 6.21. The van der Waals surface area contributed by atoms with Crippen LogP contribution in [0, 0.1) is 6.92 Å². The van der Waals surface area contributed by atoms with E-state index in [4.69, 9.17) is 0 Å². The van der Waals surface area contributed by atoms with Crippen LogP contribution in [0.15, 0.2) is 24.3 Å². The van der Waals surface area contributed by atoms with E-state index >= 15 is 0 Å². The van der Waals surface area contributed by atoms with Gasteiger partial charge in [-0.2, -0.15) is 0 Å². The molecular formula is C18H26N4O2. The number of aryl methyl sites for hydroxylation is 1. The Bertz CT molecular complexity index is 694. The van der Waals surface area contributed by atoms with Crippen molar-refractivity contribution >= 4 is 5.91 Å². The summed E-state index contributed by atoms with van der Waals surface area (Å²) < 4.78 is 1.71. The highest BCUT2D eigenvalue weighted by Gasteiger charge is 2.17. The van der Waals surface area contributed by atoms with Crippen LogP contribution in [0.1, 0.15) is 61.5 Å². The third kappa shape index (κ3) is 4.20. The number of para-hydroxylation sites is 1. The van der Waals surface area contributed by atoms with Crippen molar-refractivity contribution in [1.29, 1.82) is 0 Å². The molecule has 6 nitrogen and oxygen atoms in total. The zero-order chi connectivity index (χ0) is 17.7. The fourth-order valence-electron chi connectivity index (χ4n) is 2.52. The van der Waals surface area contributed by atoms with Crippen molar-refractivity contribution in [3.63, 3.8) is 0 Å². The van der Waals surface area contributed by atoms with Gasteiger partial charge < -0.3 is 10.4 Å². The summed E-state index contributed by atoms with van der Waals surface area (Å²) in [6.45, 7) is 8.40. The summed E-state index contributed by atoms with van der Waals surface area (Å²) in [4.78, 5) is 16.5. The topological polar surface area (TPSA) is 80.0 Å². The van der Waals surface area contributed by atoms with Gasteiger partial charge in [0.25, 0.3) is 5.91 Å². The van der Waals surface area contributed by atoms with Crippen molar-refractivity contribution in [3.05, 3.63) is 41.5 Å². The van der Waals surface area contributed by atoms with E-state index in [1.165, 1.54) is 0 Å². The lowest BCUT2D eigenvalue weighted by Gasteiger charge is -2.12. The molecule has 6 heteroatoms. The lowest BCUT2D eigenvalue weighted by Crippen LogP contribution is -2.28. The number of carbonyl (C=O) groups is 1. The van der Waals surface area contributed by atoms with Gasteiger partial charge in [0.1, 0.15) is 5.82 Å². The van der Waals surface area contributed by atoms with Crippen LogP contribution in [0.4, 0.5) is 0 Å². The lowest BCUT2D eigenvalue weighted by atomic mass is 10.0. The molecule has 0 aliphatic heterocycles. The minimum atomic E-state index is -0.393. The van der Waals surface area contributed by atoms with Crippen LogP contribution in [0.3, 0.4) is 0 Å². The summed E-state index contributed by atoms with van der Waals surface area (Å²) in [6, 6.07) is 8.00. The number of benzene rings is 1. The first-order valence-corrected chi connectivity index (χ1v) is 8.43. The molecule has 0 aliphatic carbocycles. The lowest BCUT2D eigenvalue weighted by molar-refractivity contribution is 0.0931. The fraction of sp³-hybridized carbons (Fsp3) is 0.500. The molecule has 1 atom stereocenters. The molecule has 1 aromatic heterocycles. The number of aliphatic hydroxyl groups is 1. The molecule has 1 unspecified atom stereocenters. The molecule has 0 radical (unpaired) electrons. The van der Waals surface area contributed by atoms with Gasteiger partial charge in [-0.15, -0.1) is 5.10 Å². The van der Waals surface area contributed by atoms with Crippen molar-refractivity contribution in [2.75, 3.05) is 6.54 Å². The highest BCUT2D eigenvalue weighted by atomic mass is 16.3. The molecule has 2 aromatic rings. The summed E-state index contributed by atoms with van der Waals surface area (Å²) in [5, 5.41) is 16.7. The molecule has 130 valence electrons. The van der Waals surface area contributed by atoms with Gasteiger partial charge in [-0.1, -0.05) is 39.0 Å². The predicted molar refractivity (Wildman–Crippen MR) is 93.4 cm³/mol. The van der Waals surface area contributed by atoms with Crippen LogP contribution >= 0.6 is 0 Å². The molecular weight excluding hydrogens is 304 g/mol. The molecule has 2 rings (SSSR count). The molecule has 0 fully saturated rings. The van der Waals surface area contributed by atoms with Gasteiger partial charge in [-0.05, 0) is 37.3 Å². The van der Waals surface area contributed by atoms with E-state index in [0.29, 0.717) is 31.1 Å². The number of hydrogen-bond acceptors (Lipinski definition) is 4. The van der Waals surface area contributed by atoms with Crippen molar-refractivity contribution < 1.29 is 9.90 Å². The Balaban J connectivity index is 2.17. The van der Waals surface area contributed by atoms with Gasteiger partial charge in [0, 0.05) is 6.54 Å². The number of amides is 1. The molecule has 24 heavy (non-hydrogen) atoms. The highest BCUT2D eigenvalue weighted by Crippen LogP contribution is 2.23. The van der Waals surface area contributed by atoms with Crippen molar-refractivity contribution in [2.45, 2.75) is 52.6 Å². The van der Waals surface area contributed by atoms with E-state index in [1.807, 2.05) is 32.0 Å². The summed E-state index contributed by atoms with van der Waals surface area (Å²) in [5.74, 6) is 0.846. The first kappa shape index (κ1) is 18.1. The number of nitrogens with zero attached hydrogens (tertiary/aromatic N) is 3. The Hall–Kier alpha value is -2.21. The van der Waals surface area contributed by atoms with E-state index in [-0.39, 0.29) is 11.7 Å². The van der Waals surface area contributed by atoms with E-state index in [2.05, 4.69) is 35.3 Å². The summed E-state index contributed by atoms with van der Waals surface area (Å²) in [5.41, 5.74) is 2.10. The Morgan fingerprint density at radius 1 is 1.33 bits per heavy atom. The Kier molecular flexibility index (Phi) is 6.09. The number of nitrogens with one attached hydrogen (secondary N) is 1. The van der Waals surface area contributed by atoms with Gasteiger partial charge in [0.05, 0.1) is 11.8 Å². The molecule has 0 spiro atoms. The minimum absolute atomic E-state index is 0.150. The molecule has 0 bridgehead atoms. The summed E-state index contributed by atoms with van der Waals surface area (Å²) in [7, 11) is 0. The second kappa shape index (κ2) is 8.06. The molecule has 0 saturated carbocycles. The number of rotatable bonds is 7. The monoisotopic (exact) mass is 330 g/mol. The zero-order valence-corrected chi connectivity index (χ0v) is 14.8. The van der Waals surface area contributed by atoms with Gasteiger partial charge in [-0.3, -0.25) is 4.79 Å². The van der Waals surface area contributed by atoms with Crippen LogP contribution < -0.4 is 5.32 Å². The third-order valence-corrected chi connectivity index (χ3v) is 3.99. The largest absolute Gasteiger partial charge is 0.393 e. The van der Waals surface area contributed by atoms with E-state index < -0.39 is 6.10 Å². The predicted octanol–water partition coefficient (Wildman–Crippen LogP) is 2.59. The summed E-state index contributed by atoms with van der Waals surface area (Å²) in [6.07, 6.45) is 0.807. The fourth-order valence-corrected chi connectivity index (χ4v) is 2.52. The molecule has 0 saturated heterocycles. The Labute approximate surface area is 142 Å². The van der Waals surface area contributed by atoms with Crippen LogP contribution in [-0.4, -0.2) is 38.4 Å². The van der Waals surface area contributed by atoms with Gasteiger partial charge in [0.15, 0.2) is 0 Å². The zero-order valence-electron chi connectivity index (χ0n) is 14.8. The quantitative estimate of drug-likeness (QED) is 0.818. The second-order valence-electron chi connectivity index (χ2n) is 6.21. The smallest absolute Gasteiger partial charge is 0.290 e. The molecule has 0 aliphatic rings. The third-order valence-electron chi connectivity index (χ3n) is 3.99. The highest BCUT2D eigenvalue weighted by molar-refractivity contribution is 5.90. The van der Waals surface area contributed by atoms with Crippen LogP contribution in [0.25, 0.3) is 5.69 Å².